The fourth-order valence-corrected chi connectivity index (χ4v) is 2.57. The fourth-order valence-electron chi connectivity index (χ4n) is 2.57. The zero-order valence-corrected chi connectivity index (χ0v) is 15.4. The molecule has 27 heavy (non-hydrogen) atoms. The molecule has 2 N–H and O–H groups in total. The van der Waals surface area contributed by atoms with Crippen molar-refractivity contribution in [2.45, 2.75) is 32.5 Å². The molecule has 0 amide bonds. The summed E-state index contributed by atoms with van der Waals surface area (Å²) in [6, 6.07) is 1.71. The molecule has 3 rings (SSSR count). The summed E-state index contributed by atoms with van der Waals surface area (Å²) in [7, 11) is 0. The minimum Gasteiger partial charge on any atom is -0.456 e. The predicted octanol–water partition coefficient (Wildman–Crippen LogP) is 1.05. The Balaban J connectivity index is 1.86. The Kier molecular flexibility index (Phi) is 4.96. The van der Waals surface area contributed by atoms with Crippen LogP contribution in [0.4, 0.5) is 5.82 Å². The van der Waals surface area contributed by atoms with Crippen LogP contribution < -0.4 is 5.73 Å². The number of anilines is 1. The lowest BCUT2D eigenvalue weighted by atomic mass is 10.2. The van der Waals surface area contributed by atoms with Gasteiger partial charge in [0.25, 0.3) is 5.95 Å². The van der Waals surface area contributed by atoms with E-state index in [0.717, 1.165) is 0 Å². The van der Waals surface area contributed by atoms with Gasteiger partial charge in [-0.3, -0.25) is 0 Å². The molecule has 10 heteroatoms. The quantitative estimate of drug-likeness (QED) is 0.621. The van der Waals surface area contributed by atoms with Gasteiger partial charge >= 0.3 is 5.97 Å². The number of nitriles is 1. The summed E-state index contributed by atoms with van der Waals surface area (Å²) in [5.74, 6) is -0.273. The summed E-state index contributed by atoms with van der Waals surface area (Å²) < 4.78 is 12.3. The summed E-state index contributed by atoms with van der Waals surface area (Å²) in [6.07, 6.45) is 4.64. The molecule has 1 fully saturated rings. The maximum atomic E-state index is 12.3. The van der Waals surface area contributed by atoms with Gasteiger partial charge < -0.3 is 20.1 Å². The second-order valence-corrected chi connectivity index (χ2v) is 7.04. The smallest absolute Gasteiger partial charge is 0.344 e. The van der Waals surface area contributed by atoms with E-state index in [-0.39, 0.29) is 23.4 Å². The first-order valence-corrected chi connectivity index (χ1v) is 8.45. The maximum absolute atomic E-state index is 12.3. The van der Waals surface area contributed by atoms with Crippen molar-refractivity contribution in [1.82, 2.24) is 24.6 Å². The number of ether oxygens (including phenoxy) is 2. The lowest BCUT2D eigenvalue weighted by Gasteiger charge is -2.28. The number of carbonyl (C=O) groups is 1. The third kappa shape index (κ3) is 4.15. The summed E-state index contributed by atoms with van der Waals surface area (Å²) >= 11 is 0. The van der Waals surface area contributed by atoms with Gasteiger partial charge in [-0.15, -0.1) is 0 Å². The molecule has 1 aliphatic rings. The first-order valence-electron chi connectivity index (χ1n) is 8.45. The largest absolute Gasteiger partial charge is 0.456 e. The van der Waals surface area contributed by atoms with Gasteiger partial charge in [0.05, 0.1) is 31.6 Å². The Labute approximate surface area is 156 Å². The first-order chi connectivity index (χ1) is 12.8. The number of rotatable bonds is 3. The van der Waals surface area contributed by atoms with E-state index >= 15 is 0 Å². The molecule has 1 saturated heterocycles. The van der Waals surface area contributed by atoms with E-state index in [0.29, 0.717) is 25.4 Å². The molecule has 0 spiro atoms. The van der Waals surface area contributed by atoms with Crippen LogP contribution >= 0.6 is 0 Å². The number of nitrogens with two attached hydrogens (primary N) is 1. The number of morpholine rings is 1. The molecule has 142 valence electrons. The standard InChI is InChI=1S/C17H21N7O3/c1-17(2,3)27-15(25)11-8-21-24(14(11)19)16-20-5-4-12(22-16)13-9-23(10-18)6-7-26-13/h4-5,8,13H,6-7,9,19H2,1-3H3. The summed E-state index contributed by atoms with van der Waals surface area (Å²) in [6.45, 7) is 6.71. The molecule has 3 heterocycles. The Bertz CT molecular complexity index is 881. The Morgan fingerprint density at radius 3 is 2.96 bits per heavy atom. The predicted molar refractivity (Wildman–Crippen MR) is 94.6 cm³/mol. The first kappa shape index (κ1) is 18.6. The van der Waals surface area contributed by atoms with Gasteiger partial charge in [0.2, 0.25) is 0 Å². The molecular weight excluding hydrogens is 350 g/mol. The van der Waals surface area contributed by atoms with Crippen molar-refractivity contribution in [2.75, 3.05) is 25.4 Å². The Morgan fingerprint density at radius 2 is 2.26 bits per heavy atom. The van der Waals surface area contributed by atoms with Crippen LogP contribution in [-0.4, -0.2) is 55.9 Å². The van der Waals surface area contributed by atoms with Crippen LogP contribution in [0.1, 0.15) is 42.9 Å². The molecule has 0 aliphatic carbocycles. The summed E-state index contributed by atoms with van der Waals surface area (Å²) in [4.78, 5) is 22.5. The van der Waals surface area contributed by atoms with Crippen LogP contribution in [-0.2, 0) is 9.47 Å². The van der Waals surface area contributed by atoms with Crippen LogP contribution in [0.5, 0.6) is 0 Å². The minimum atomic E-state index is -0.646. The van der Waals surface area contributed by atoms with E-state index in [1.807, 2.05) is 0 Å². The van der Waals surface area contributed by atoms with Crippen molar-refractivity contribution < 1.29 is 14.3 Å². The minimum absolute atomic E-state index is 0.0876. The molecule has 0 aromatic carbocycles. The van der Waals surface area contributed by atoms with Gasteiger partial charge in [0.15, 0.2) is 6.19 Å². The maximum Gasteiger partial charge on any atom is 0.344 e. The number of nitrogens with zero attached hydrogens (tertiary/aromatic N) is 6. The zero-order chi connectivity index (χ0) is 19.6. The topological polar surface area (TPSA) is 132 Å². The molecule has 0 bridgehead atoms. The van der Waals surface area contributed by atoms with E-state index in [1.165, 1.54) is 10.9 Å². The van der Waals surface area contributed by atoms with Crippen molar-refractivity contribution in [1.29, 1.82) is 5.26 Å². The molecule has 1 aliphatic heterocycles. The highest BCUT2D eigenvalue weighted by Gasteiger charge is 2.25. The monoisotopic (exact) mass is 371 g/mol. The SMILES string of the molecule is CC(C)(C)OC(=O)c1cnn(-c2nccc(C3CN(C#N)CCO3)n2)c1N. The Hall–Kier alpha value is -3.19. The lowest BCUT2D eigenvalue weighted by Crippen LogP contribution is -2.35. The van der Waals surface area contributed by atoms with Crippen molar-refractivity contribution in [3.8, 4) is 12.1 Å². The second kappa shape index (κ2) is 7.20. The average molecular weight is 371 g/mol. The van der Waals surface area contributed by atoms with Gasteiger partial charge in [-0.2, -0.15) is 15.0 Å². The van der Waals surface area contributed by atoms with Gasteiger partial charge in [-0.25, -0.2) is 14.8 Å². The average Bonchev–Trinajstić information content (AvgIpc) is 3.02. The van der Waals surface area contributed by atoms with Crippen molar-refractivity contribution in [3.05, 3.63) is 29.7 Å². The highest BCUT2D eigenvalue weighted by Crippen LogP contribution is 2.22. The van der Waals surface area contributed by atoms with Crippen LogP contribution in [0.25, 0.3) is 5.95 Å². The van der Waals surface area contributed by atoms with E-state index in [2.05, 4.69) is 21.3 Å². The van der Waals surface area contributed by atoms with Crippen LogP contribution in [0.2, 0.25) is 0 Å². The number of aromatic nitrogens is 4. The van der Waals surface area contributed by atoms with Crippen molar-refractivity contribution in [2.24, 2.45) is 0 Å². The number of hydrogen-bond acceptors (Lipinski definition) is 9. The zero-order valence-electron chi connectivity index (χ0n) is 15.4. The molecule has 0 radical (unpaired) electrons. The lowest BCUT2D eigenvalue weighted by molar-refractivity contribution is -0.0134. The van der Waals surface area contributed by atoms with Gasteiger partial charge in [0.1, 0.15) is 23.1 Å². The molecule has 1 atom stereocenters. The Morgan fingerprint density at radius 1 is 1.48 bits per heavy atom. The van der Waals surface area contributed by atoms with Gasteiger partial charge in [-0.1, -0.05) is 0 Å². The van der Waals surface area contributed by atoms with Crippen molar-refractivity contribution >= 4 is 11.8 Å². The molecule has 2 aromatic rings. The van der Waals surface area contributed by atoms with Gasteiger partial charge in [-0.05, 0) is 26.8 Å². The third-order valence-corrected chi connectivity index (χ3v) is 3.82. The molecule has 2 aromatic heterocycles. The fraction of sp³-hybridized carbons (Fsp3) is 0.471. The third-order valence-electron chi connectivity index (χ3n) is 3.82. The second-order valence-electron chi connectivity index (χ2n) is 7.04. The molecule has 10 nitrogen and oxygen atoms in total. The number of esters is 1. The summed E-state index contributed by atoms with van der Waals surface area (Å²) in [5.41, 5.74) is 6.17. The number of carbonyl (C=O) groups excluding carboxylic acids is 1. The van der Waals surface area contributed by atoms with E-state index in [4.69, 9.17) is 20.5 Å². The number of hydrogen-bond donors (Lipinski definition) is 1. The number of nitrogen functional groups attached to an aromatic ring is 1. The molecular formula is C17H21N7O3. The normalized spacial score (nSPS) is 17.4. The molecule has 0 saturated carbocycles. The summed E-state index contributed by atoms with van der Waals surface area (Å²) in [5, 5.41) is 13.2. The van der Waals surface area contributed by atoms with E-state index in [9.17, 15) is 4.79 Å². The van der Waals surface area contributed by atoms with Crippen LogP contribution in [0.3, 0.4) is 0 Å². The van der Waals surface area contributed by atoms with Crippen LogP contribution in [0, 0.1) is 11.5 Å². The van der Waals surface area contributed by atoms with E-state index < -0.39 is 11.6 Å². The van der Waals surface area contributed by atoms with E-state index in [1.54, 1.807) is 37.9 Å². The molecule has 1 unspecified atom stereocenters. The van der Waals surface area contributed by atoms with Crippen LogP contribution in [0.15, 0.2) is 18.5 Å². The highest BCUT2D eigenvalue weighted by atomic mass is 16.6. The van der Waals surface area contributed by atoms with Gasteiger partial charge in [0, 0.05) is 6.20 Å². The van der Waals surface area contributed by atoms with Crippen molar-refractivity contribution in [3.63, 3.8) is 0 Å². The highest BCUT2D eigenvalue weighted by molar-refractivity contribution is 5.94.